The number of aryl methyl sites for hydroxylation is 3. The van der Waals surface area contributed by atoms with Crippen LogP contribution >= 0.6 is 0 Å². The van der Waals surface area contributed by atoms with E-state index in [4.69, 9.17) is 19.4 Å². The number of fused-ring (bicyclic) bond motifs is 3. The maximum atomic E-state index is 12.9. The molecule has 1 saturated heterocycles. The van der Waals surface area contributed by atoms with Gasteiger partial charge < -0.3 is 28.8 Å². The van der Waals surface area contributed by atoms with Crippen LogP contribution in [0.4, 0.5) is 0 Å². The molecule has 1 fully saturated rings. The van der Waals surface area contributed by atoms with Crippen molar-refractivity contribution < 1.29 is 34.1 Å². The van der Waals surface area contributed by atoms with E-state index in [1.54, 1.807) is 12.1 Å². The molecule has 2 N–H and O–H groups in total. The van der Waals surface area contributed by atoms with Crippen LogP contribution in [0.25, 0.3) is 44.6 Å². The van der Waals surface area contributed by atoms with Gasteiger partial charge in [0.25, 0.3) is 0 Å². The molecule has 3 heterocycles. The van der Waals surface area contributed by atoms with Crippen LogP contribution in [0, 0.1) is 36.0 Å². The predicted molar refractivity (Wildman–Crippen MR) is 272 cm³/mol. The molecule has 6 aromatic rings. The van der Waals surface area contributed by atoms with Crippen molar-refractivity contribution >= 4 is 40.0 Å². The summed E-state index contributed by atoms with van der Waals surface area (Å²) in [5.41, 5.74) is 10.2. The molecule has 2 aromatic heterocycles. The van der Waals surface area contributed by atoms with Crippen molar-refractivity contribution in [1.82, 2.24) is 19.1 Å². The predicted octanol–water partition coefficient (Wildman–Crippen LogP) is 11.9. The molecule has 0 spiro atoms. The Morgan fingerprint density at radius 2 is 1.65 bits per heavy atom. The largest absolute Gasteiger partial charge is 0.478 e. The van der Waals surface area contributed by atoms with E-state index in [1.165, 1.54) is 5.57 Å². The topological polar surface area (TPSA) is 146 Å². The van der Waals surface area contributed by atoms with Gasteiger partial charge in [-0.2, -0.15) is 0 Å². The Morgan fingerprint density at radius 1 is 0.913 bits per heavy atom. The van der Waals surface area contributed by atoms with Crippen LogP contribution in [0.5, 0.6) is 0 Å². The monoisotopic (exact) mass is 933 g/mol. The molecule has 1 aliphatic heterocycles. The number of imidazole rings is 2. The second kappa shape index (κ2) is 20.7. The Hall–Kier alpha value is -6.33. The van der Waals surface area contributed by atoms with Gasteiger partial charge in [0, 0.05) is 37.9 Å². The second-order valence-corrected chi connectivity index (χ2v) is 20.3. The number of para-hydroxylation sites is 2. The standard InChI is InChI=1S/C33H30N4O2.C25H38O5/c1-4-9-30-35-31-21(2)18-24(32-34-27-12-7-8-13-28(27)36(32)3)19-29(31)37(30)20-22-14-16-23(17-15-22)25-10-5-6-11-26(25)33(38)39;1-6-25(4,5)24(28)30-21-12-15(2)11-17-8-7-16(3)20(23(17)21)10-9-19-13-18(26)14-22(27)29-19/h5-8,10-19H,4,9,20H2,1-3H3,(H,38,39);7-8,11,15-16,18-21,23,26H,6,9-10,12-14H2,1-5H3/t;15-,16-,18+,19+,20-,21-,23-/m.0/s1. The van der Waals surface area contributed by atoms with E-state index >= 15 is 0 Å². The smallest absolute Gasteiger partial charge is 0.336 e. The quantitative estimate of drug-likeness (QED) is 0.108. The molecule has 362 valence electrons. The first-order valence-corrected chi connectivity index (χ1v) is 24.9. The lowest BCUT2D eigenvalue weighted by molar-refractivity contribution is -0.166. The molecule has 0 amide bonds. The fraction of sp³-hybridized carbons (Fsp3) is 0.431. The summed E-state index contributed by atoms with van der Waals surface area (Å²) in [5.74, 6) is 1.86. The van der Waals surface area contributed by atoms with Crippen LogP contribution in [0.3, 0.4) is 0 Å². The molecule has 2 aliphatic carbocycles. The Morgan fingerprint density at radius 3 is 2.36 bits per heavy atom. The SMILES string of the molecule is CCC(C)(C)C(=O)O[C@H]1C[C@@H](C)C=C2C=C[C@H](C)[C@H](CC[C@@H]3C[C@@H](O)CC(=O)O3)[C@H]21.CCCc1nc2c(C)cc(-c3nc4ccccc4n3C)cc2n1Cc1ccc(-c2ccccc2C(=O)O)cc1. The first-order chi connectivity index (χ1) is 33.0. The Labute approximate surface area is 406 Å². The average molecular weight is 933 g/mol. The molecule has 7 atom stereocenters. The summed E-state index contributed by atoms with van der Waals surface area (Å²) in [6.07, 6.45) is 11.5. The third-order valence-electron chi connectivity index (χ3n) is 14.8. The number of allylic oxidation sites excluding steroid dienone is 3. The van der Waals surface area contributed by atoms with Gasteiger partial charge in [0.1, 0.15) is 23.9 Å². The number of carboxylic acids is 1. The lowest BCUT2D eigenvalue weighted by atomic mass is 9.65. The van der Waals surface area contributed by atoms with Crippen LogP contribution < -0.4 is 0 Å². The van der Waals surface area contributed by atoms with Gasteiger partial charge in [0.2, 0.25) is 0 Å². The Kier molecular flexibility index (Phi) is 14.7. The maximum absolute atomic E-state index is 12.9. The van der Waals surface area contributed by atoms with E-state index in [1.807, 2.05) is 63.2 Å². The third kappa shape index (κ3) is 10.6. The van der Waals surface area contributed by atoms with E-state index < -0.39 is 17.5 Å². The van der Waals surface area contributed by atoms with Crippen molar-refractivity contribution in [3.63, 3.8) is 0 Å². The Bertz CT molecular complexity index is 2900. The lowest BCUT2D eigenvalue weighted by Gasteiger charge is -2.44. The van der Waals surface area contributed by atoms with E-state index in [0.717, 1.165) is 100 Å². The van der Waals surface area contributed by atoms with Gasteiger partial charge in [-0.25, -0.2) is 14.8 Å². The highest BCUT2D eigenvalue weighted by molar-refractivity contribution is 5.96. The molecular weight excluding hydrogens is 865 g/mol. The lowest BCUT2D eigenvalue weighted by Crippen LogP contribution is -2.43. The summed E-state index contributed by atoms with van der Waals surface area (Å²) in [5, 5.41) is 19.5. The zero-order valence-electron chi connectivity index (χ0n) is 41.4. The number of hydrogen-bond donors (Lipinski definition) is 2. The number of aliphatic hydroxyl groups is 1. The summed E-state index contributed by atoms with van der Waals surface area (Å²) in [6.45, 7) is 15.3. The second-order valence-electron chi connectivity index (χ2n) is 20.3. The van der Waals surface area contributed by atoms with E-state index in [2.05, 4.69) is 92.4 Å². The zero-order valence-corrected chi connectivity index (χ0v) is 41.4. The van der Waals surface area contributed by atoms with Crippen LogP contribution in [-0.4, -0.2) is 65.5 Å². The molecule has 3 aliphatic rings. The van der Waals surface area contributed by atoms with Crippen molar-refractivity contribution in [1.29, 1.82) is 0 Å². The number of esters is 2. The fourth-order valence-electron chi connectivity index (χ4n) is 10.5. The number of rotatable bonds is 13. The molecule has 4 aromatic carbocycles. The van der Waals surface area contributed by atoms with Crippen molar-refractivity contribution in [2.45, 2.75) is 125 Å². The number of nitrogens with zero attached hydrogens (tertiary/aromatic N) is 4. The van der Waals surface area contributed by atoms with Gasteiger partial charge >= 0.3 is 17.9 Å². The van der Waals surface area contributed by atoms with Crippen LogP contribution in [-0.2, 0) is 39.1 Å². The molecule has 0 bridgehead atoms. The number of aromatic carboxylic acids is 1. The van der Waals surface area contributed by atoms with Gasteiger partial charge in [-0.1, -0.05) is 101 Å². The number of carbonyl (C=O) groups is 3. The number of hydrogen-bond acceptors (Lipinski definition) is 8. The molecule has 0 radical (unpaired) electrons. The van der Waals surface area contributed by atoms with Crippen LogP contribution in [0.2, 0.25) is 0 Å². The summed E-state index contributed by atoms with van der Waals surface area (Å²) >= 11 is 0. The summed E-state index contributed by atoms with van der Waals surface area (Å²) < 4.78 is 16.1. The molecule has 0 unspecified atom stereocenters. The number of aliphatic hydroxyl groups excluding tert-OH is 1. The fourth-order valence-corrected chi connectivity index (χ4v) is 10.5. The number of aromatic nitrogens is 4. The molecule has 11 heteroatoms. The summed E-state index contributed by atoms with van der Waals surface area (Å²) in [4.78, 5) is 46.3. The molecule has 69 heavy (non-hydrogen) atoms. The Balaban J connectivity index is 0.000000193. The highest BCUT2D eigenvalue weighted by Crippen LogP contribution is 2.46. The highest BCUT2D eigenvalue weighted by atomic mass is 16.6. The summed E-state index contributed by atoms with van der Waals surface area (Å²) in [6, 6.07) is 27.9. The van der Waals surface area contributed by atoms with E-state index in [9.17, 15) is 24.6 Å². The van der Waals surface area contributed by atoms with Gasteiger partial charge in [0.15, 0.2) is 0 Å². The highest BCUT2D eigenvalue weighted by Gasteiger charge is 2.43. The first kappa shape index (κ1) is 49.1. The average Bonchev–Trinajstić information content (AvgIpc) is 3.85. The van der Waals surface area contributed by atoms with E-state index in [0.29, 0.717) is 36.3 Å². The number of carboxylic acid groups (broad SMARTS) is 1. The van der Waals surface area contributed by atoms with E-state index in [-0.39, 0.29) is 36.5 Å². The number of cyclic esters (lactones) is 1. The van der Waals surface area contributed by atoms with Gasteiger partial charge in [0.05, 0.1) is 45.6 Å². The minimum absolute atomic E-state index is 0.0949. The van der Waals surface area contributed by atoms with Crippen LogP contribution in [0.15, 0.2) is 109 Å². The molecule has 11 nitrogen and oxygen atoms in total. The normalized spacial score (nSPS) is 22.4. The van der Waals surface area contributed by atoms with Crippen molar-refractivity contribution in [2.24, 2.45) is 36.1 Å². The molecule has 9 rings (SSSR count). The minimum atomic E-state index is -0.921. The molecular formula is C58H68N4O7. The number of ether oxygens (including phenoxy) is 2. The van der Waals surface area contributed by atoms with Gasteiger partial charge in [-0.15, -0.1) is 0 Å². The van der Waals surface area contributed by atoms with Crippen molar-refractivity contribution in [3.8, 4) is 22.5 Å². The van der Waals surface area contributed by atoms with Gasteiger partial charge in [-0.3, -0.25) is 9.59 Å². The maximum Gasteiger partial charge on any atom is 0.336 e. The minimum Gasteiger partial charge on any atom is -0.478 e. The number of carbonyl (C=O) groups excluding carboxylic acids is 2. The van der Waals surface area contributed by atoms with Crippen molar-refractivity contribution in [2.75, 3.05) is 0 Å². The summed E-state index contributed by atoms with van der Waals surface area (Å²) in [7, 11) is 2.06. The van der Waals surface area contributed by atoms with Crippen molar-refractivity contribution in [3.05, 3.63) is 131 Å². The number of benzene rings is 4. The zero-order chi connectivity index (χ0) is 49.1. The first-order valence-electron chi connectivity index (χ1n) is 24.9. The van der Waals surface area contributed by atoms with Gasteiger partial charge in [-0.05, 0) is 129 Å². The molecule has 0 saturated carbocycles. The van der Waals surface area contributed by atoms with Crippen LogP contribution in [0.1, 0.15) is 114 Å². The third-order valence-corrected chi connectivity index (χ3v) is 14.8.